The number of hydrogen-bond acceptors (Lipinski definition) is 4. The van der Waals surface area contributed by atoms with Gasteiger partial charge in [0.15, 0.2) is 6.29 Å². The Balaban J connectivity index is 1.57. The minimum Gasteiger partial charge on any atom is -0.355 e. The Morgan fingerprint density at radius 1 is 1.09 bits per heavy atom. The van der Waals surface area contributed by atoms with E-state index < -0.39 is 0 Å². The summed E-state index contributed by atoms with van der Waals surface area (Å²) in [5, 5.41) is 0. The molecule has 1 aromatic carbocycles. The first-order chi connectivity index (χ1) is 11.3. The van der Waals surface area contributed by atoms with Crippen LogP contribution in [0.2, 0.25) is 0 Å². The van der Waals surface area contributed by atoms with Crippen LogP contribution in [-0.4, -0.2) is 62.5 Å². The van der Waals surface area contributed by atoms with E-state index in [0.717, 1.165) is 31.6 Å². The summed E-state index contributed by atoms with van der Waals surface area (Å²) >= 11 is 0. The maximum Gasteiger partial charge on any atom is 0.169 e. The van der Waals surface area contributed by atoms with Gasteiger partial charge in [0.2, 0.25) is 0 Å². The third-order valence-corrected chi connectivity index (χ3v) is 5.43. The zero-order valence-corrected chi connectivity index (χ0v) is 14.5. The van der Waals surface area contributed by atoms with Crippen LogP contribution >= 0.6 is 0 Å². The van der Waals surface area contributed by atoms with Crippen LogP contribution in [0.5, 0.6) is 0 Å². The third-order valence-electron chi connectivity index (χ3n) is 5.43. The maximum atomic E-state index is 5.36. The standard InChI is InChI=1S/C19H30N2O2/c1-22-19(23-2)15-20-12-10-18-17(14-20)9-6-11-21(18)13-16-7-4-3-5-8-16/h3-5,7-8,17-19H,6,9-15H2,1-2H3/t17-,18+/m0/s1. The highest BCUT2D eigenvalue weighted by molar-refractivity contribution is 5.15. The molecule has 1 aromatic rings. The summed E-state index contributed by atoms with van der Waals surface area (Å²) in [6.45, 7) is 5.55. The summed E-state index contributed by atoms with van der Waals surface area (Å²) in [5.41, 5.74) is 1.44. The largest absolute Gasteiger partial charge is 0.355 e. The summed E-state index contributed by atoms with van der Waals surface area (Å²) in [6, 6.07) is 11.6. The van der Waals surface area contributed by atoms with Crippen LogP contribution in [0.1, 0.15) is 24.8 Å². The smallest absolute Gasteiger partial charge is 0.169 e. The molecule has 0 aliphatic carbocycles. The average molecular weight is 318 g/mol. The normalized spacial score (nSPS) is 26.4. The number of methoxy groups -OCH3 is 2. The highest BCUT2D eigenvalue weighted by Crippen LogP contribution is 2.31. The number of nitrogens with zero attached hydrogens (tertiary/aromatic N) is 2. The van der Waals surface area contributed by atoms with Gasteiger partial charge < -0.3 is 9.47 Å². The van der Waals surface area contributed by atoms with Gasteiger partial charge in [-0.1, -0.05) is 30.3 Å². The number of rotatable bonds is 6. The van der Waals surface area contributed by atoms with E-state index in [2.05, 4.69) is 40.1 Å². The summed E-state index contributed by atoms with van der Waals surface area (Å²) in [5.74, 6) is 0.788. The van der Waals surface area contributed by atoms with Gasteiger partial charge in [0.25, 0.3) is 0 Å². The molecule has 23 heavy (non-hydrogen) atoms. The molecule has 128 valence electrons. The molecule has 4 heteroatoms. The molecule has 2 heterocycles. The van der Waals surface area contributed by atoms with Crippen LogP contribution in [0.15, 0.2) is 30.3 Å². The molecule has 0 aromatic heterocycles. The first-order valence-electron chi connectivity index (χ1n) is 8.86. The van der Waals surface area contributed by atoms with Crippen LogP contribution in [0.25, 0.3) is 0 Å². The maximum absolute atomic E-state index is 5.36. The van der Waals surface area contributed by atoms with Crippen molar-refractivity contribution in [1.29, 1.82) is 0 Å². The van der Waals surface area contributed by atoms with E-state index in [-0.39, 0.29) is 6.29 Å². The molecule has 2 atom stereocenters. The monoisotopic (exact) mass is 318 g/mol. The predicted octanol–water partition coefficient (Wildman–Crippen LogP) is 2.59. The summed E-state index contributed by atoms with van der Waals surface area (Å²) < 4.78 is 10.7. The highest BCUT2D eigenvalue weighted by atomic mass is 16.7. The Morgan fingerprint density at radius 2 is 1.87 bits per heavy atom. The van der Waals surface area contributed by atoms with Gasteiger partial charge in [-0.05, 0) is 43.8 Å². The molecular weight excluding hydrogens is 288 g/mol. The van der Waals surface area contributed by atoms with E-state index in [4.69, 9.17) is 9.47 Å². The molecule has 0 radical (unpaired) electrons. The van der Waals surface area contributed by atoms with Crippen molar-refractivity contribution >= 4 is 0 Å². The van der Waals surface area contributed by atoms with Crippen LogP contribution < -0.4 is 0 Å². The van der Waals surface area contributed by atoms with E-state index in [9.17, 15) is 0 Å². The predicted molar refractivity (Wildman–Crippen MR) is 92.2 cm³/mol. The SMILES string of the molecule is COC(CN1CC[C@@H]2[C@@H](CCCN2Cc2ccccc2)C1)OC. The summed E-state index contributed by atoms with van der Waals surface area (Å²) in [6.07, 6.45) is 3.84. The Labute approximate surface area is 140 Å². The van der Waals surface area contributed by atoms with Crippen molar-refractivity contribution in [3.63, 3.8) is 0 Å². The van der Waals surface area contributed by atoms with Crippen LogP contribution in [0.3, 0.4) is 0 Å². The molecular formula is C19H30N2O2. The van der Waals surface area contributed by atoms with Crippen LogP contribution in [-0.2, 0) is 16.0 Å². The Morgan fingerprint density at radius 3 is 2.61 bits per heavy atom. The minimum atomic E-state index is -0.101. The van der Waals surface area contributed by atoms with E-state index in [0.29, 0.717) is 0 Å². The van der Waals surface area contributed by atoms with Crippen molar-refractivity contribution in [2.75, 3.05) is 40.4 Å². The van der Waals surface area contributed by atoms with Crippen LogP contribution in [0, 0.1) is 5.92 Å². The van der Waals surface area contributed by atoms with Gasteiger partial charge in [0.1, 0.15) is 0 Å². The van der Waals surface area contributed by atoms with E-state index in [1.165, 1.54) is 37.9 Å². The number of hydrogen-bond donors (Lipinski definition) is 0. The Bertz CT molecular complexity index is 464. The molecule has 2 fully saturated rings. The van der Waals surface area contributed by atoms with Crippen molar-refractivity contribution in [3.8, 4) is 0 Å². The van der Waals surface area contributed by atoms with Gasteiger partial charge in [0, 0.05) is 39.9 Å². The quantitative estimate of drug-likeness (QED) is 0.753. The van der Waals surface area contributed by atoms with Crippen molar-refractivity contribution in [2.24, 2.45) is 5.92 Å². The minimum absolute atomic E-state index is 0.101. The summed E-state index contributed by atoms with van der Waals surface area (Å²) in [4.78, 5) is 5.23. The molecule has 0 N–H and O–H groups in total. The zero-order chi connectivity index (χ0) is 16.1. The van der Waals surface area contributed by atoms with Crippen molar-refractivity contribution in [2.45, 2.75) is 38.1 Å². The molecule has 0 spiro atoms. The second kappa shape index (κ2) is 8.25. The molecule has 2 saturated heterocycles. The molecule has 3 rings (SSSR count). The van der Waals surface area contributed by atoms with Gasteiger partial charge in [0.05, 0.1) is 0 Å². The lowest BCUT2D eigenvalue weighted by Gasteiger charge is -2.47. The zero-order valence-electron chi connectivity index (χ0n) is 14.5. The van der Waals surface area contributed by atoms with Crippen LogP contribution in [0.4, 0.5) is 0 Å². The van der Waals surface area contributed by atoms with Crippen molar-refractivity contribution in [1.82, 2.24) is 9.80 Å². The molecule has 2 aliphatic rings. The molecule has 0 amide bonds. The van der Waals surface area contributed by atoms with E-state index >= 15 is 0 Å². The average Bonchev–Trinajstić information content (AvgIpc) is 2.60. The van der Waals surface area contributed by atoms with Gasteiger partial charge >= 0.3 is 0 Å². The number of fused-ring (bicyclic) bond motifs is 1. The lowest BCUT2D eigenvalue weighted by molar-refractivity contribution is -0.123. The van der Waals surface area contributed by atoms with Gasteiger partial charge in [-0.3, -0.25) is 9.80 Å². The number of likely N-dealkylation sites (tertiary alicyclic amines) is 2. The Hall–Kier alpha value is -0.940. The number of ether oxygens (including phenoxy) is 2. The lowest BCUT2D eigenvalue weighted by atomic mass is 9.83. The Kier molecular flexibility index (Phi) is 6.06. The second-order valence-corrected chi connectivity index (χ2v) is 6.87. The fourth-order valence-corrected chi connectivity index (χ4v) is 4.22. The fraction of sp³-hybridized carbons (Fsp3) is 0.684. The van der Waals surface area contributed by atoms with E-state index in [1.807, 2.05) is 0 Å². The third kappa shape index (κ3) is 4.32. The fourth-order valence-electron chi connectivity index (χ4n) is 4.22. The number of benzene rings is 1. The molecule has 0 unspecified atom stereocenters. The number of piperidine rings is 2. The molecule has 0 saturated carbocycles. The van der Waals surface area contributed by atoms with Gasteiger partial charge in [-0.2, -0.15) is 0 Å². The first kappa shape index (κ1) is 16.9. The molecule has 2 aliphatic heterocycles. The van der Waals surface area contributed by atoms with Crippen molar-refractivity contribution < 1.29 is 9.47 Å². The first-order valence-corrected chi connectivity index (χ1v) is 8.86. The van der Waals surface area contributed by atoms with Crippen molar-refractivity contribution in [3.05, 3.63) is 35.9 Å². The topological polar surface area (TPSA) is 24.9 Å². The van der Waals surface area contributed by atoms with E-state index in [1.54, 1.807) is 14.2 Å². The molecule has 0 bridgehead atoms. The van der Waals surface area contributed by atoms with Gasteiger partial charge in [-0.25, -0.2) is 0 Å². The second-order valence-electron chi connectivity index (χ2n) is 6.87. The molecule has 4 nitrogen and oxygen atoms in total. The van der Waals surface area contributed by atoms with Gasteiger partial charge in [-0.15, -0.1) is 0 Å². The summed E-state index contributed by atoms with van der Waals surface area (Å²) in [7, 11) is 3.45. The highest BCUT2D eigenvalue weighted by Gasteiger charge is 2.36. The lowest BCUT2D eigenvalue weighted by Crippen LogP contribution is -2.54.